The Morgan fingerprint density at radius 3 is 2.37 bits per heavy atom. The Bertz CT molecular complexity index is 1040. The molecule has 6 nitrogen and oxygen atoms in total. The third-order valence-corrected chi connectivity index (χ3v) is 4.72. The predicted octanol–water partition coefficient (Wildman–Crippen LogP) is 4.07. The molecule has 2 amide bonds. The molecule has 0 aliphatic heterocycles. The van der Waals surface area contributed by atoms with Crippen molar-refractivity contribution in [1.29, 1.82) is 0 Å². The third kappa shape index (κ3) is 4.92. The van der Waals surface area contributed by atoms with E-state index in [0.29, 0.717) is 11.3 Å². The fraction of sp³-hybridized carbons (Fsp3) is 0.261. The van der Waals surface area contributed by atoms with E-state index in [1.807, 2.05) is 12.1 Å². The Hall–Kier alpha value is -3.48. The van der Waals surface area contributed by atoms with Gasteiger partial charge in [0.15, 0.2) is 5.82 Å². The normalized spacial score (nSPS) is 12.3. The van der Waals surface area contributed by atoms with E-state index in [9.17, 15) is 14.0 Å². The Morgan fingerprint density at radius 2 is 1.80 bits per heavy atom. The molecule has 1 unspecified atom stereocenters. The lowest BCUT2D eigenvalue weighted by atomic mass is 9.86. The maximum absolute atomic E-state index is 14.3. The summed E-state index contributed by atoms with van der Waals surface area (Å²) in [5.74, 6) is -1.31. The van der Waals surface area contributed by atoms with E-state index in [2.05, 4.69) is 36.5 Å². The molecular formula is C23H25FN4O2. The number of halogens is 1. The first-order chi connectivity index (χ1) is 14.1. The molecule has 7 heteroatoms. The van der Waals surface area contributed by atoms with Gasteiger partial charge < -0.3 is 10.6 Å². The van der Waals surface area contributed by atoms with Crippen LogP contribution >= 0.6 is 0 Å². The van der Waals surface area contributed by atoms with Crippen LogP contribution in [-0.2, 0) is 10.2 Å². The molecule has 2 aromatic carbocycles. The SMILES string of the molecule is CC(NC(=O)c1ccc(C(C)(C)C)cc1)C(=O)Nc1ccc(-n2cccn2)c(F)c1. The topological polar surface area (TPSA) is 76.0 Å². The van der Waals surface area contributed by atoms with Gasteiger partial charge in [0.1, 0.15) is 11.7 Å². The third-order valence-electron chi connectivity index (χ3n) is 4.72. The molecule has 3 rings (SSSR count). The highest BCUT2D eigenvalue weighted by atomic mass is 19.1. The lowest BCUT2D eigenvalue weighted by molar-refractivity contribution is -0.117. The van der Waals surface area contributed by atoms with Gasteiger partial charge in [0.05, 0.1) is 0 Å². The minimum Gasteiger partial charge on any atom is -0.341 e. The molecular weight excluding hydrogens is 383 g/mol. The number of nitrogens with one attached hydrogen (secondary N) is 2. The average molecular weight is 408 g/mol. The van der Waals surface area contributed by atoms with Crippen molar-refractivity contribution in [2.24, 2.45) is 0 Å². The largest absolute Gasteiger partial charge is 0.341 e. The van der Waals surface area contributed by atoms with Gasteiger partial charge in [-0.3, -0.25) is 9.59 Å². The fourth-order valence-corrected chi connectivity index (χ4v) is 2.90. The summed E-state index contributed by atoms with van der Waals surface area (Å²) in [4.78, 5) is 24.9. The molecule has 1 heterocycles. The van der Waals surface area contributed by atoms with Crippen LogP contribution in [-0.4, -0.2) is 27.6 Å². The van der Waals surface area contributed by atoms with Crippen LogP contribution in [0.1, 0.15) is 43.6 Å². The molecule has 1 atom stereocenters. The van der Waals surface area contributed by atoms with Gasteiger partial charge in [-0.05, 0) is 54.3 Å². The molecule has 0 aliphatic rings. The van der Waals surface area contributed by atoms with Crippen LogP contribution in [0.25, 0.3) is 5.69 Å². The summed E-state index contributed by atoms with van der Waals surface area (Å²) in [5, 5.41) is 9.27. The molecule has 0 aliphatic carbocycles. The van der Waals surface area contributed by atoms with Crippen molar-refractivity contribution in [3.8, 4) is 5.69 Å². The zero-order valence-corrected chi connectivity index (χ0v) is 17.4. The van der Waals surface area contributed by atoms with Crippen LogP contribution in [0.3, 0.4) is 0 Å². The number of anilines is 1. The predicted molar refractivity (Wildman–Crippen MR) is 114 cm³/mol. The molecule has 0 radical (unpaired) electrons. The van der Waals surface area contributed by atoms with Crippen LogP contribution in [0.4, 0.5) is 10.1 Å². The second-order valence-corrected chi connectivity index (χ2v) is 8.13. The lowest BCUT2D eigenvalue weighted by Crippen LogP contribution is -2.41. The molecule has 0 fully saturated rings. The Balaban J connectivity index is 1.62. The zero-order valence-electron chi connectivity index (χ0n) is 17.4. The second-order valence-electron chi connectivity index (χ2n) is 8.13. The Morgan fingerprint density at radius 1 is 1.10 bits per heavy atom. The first-order valence-electron chi connectivity index (χ1n) is 9.67. The van der Waals surface area contributed by atoms with Crippen molar-refractivity contribution in [2.45, 2.75) is 39.2 Å². The summed E-state index contributed by atoms with van der Waals surface area (Å²) in [6, 6.07) is 12.5. The van der Waals surface area contributed by atoms with Gasteiger partial charge in [-0.15, -0.1) is 0 Å². The van der Waals surface area contributed by atoms with Crippen molar-refractivity contribution in [2.75, 3.05) is 5.32 Å². The van der Waals surface area contributed by atoms with Crippen molar-refractivity contribution >= 4 is 17.5 Å². The van der Waals surface area contributed by atoms with Gasteiger partial charge in [0.2, 0.25) is 5.91 Å². The maximum atomic E-state index is 14.3. The van der Waals surface area contributed by atoms with Crippen LogP contribution in [0, 0.1) is 5.82 Å². The standard InChI is InChI=1S/C23H25FN4O2/c1-15(26-22(30)16-6-8-17(9-7-16)23(2,3)4)21(29)27-18-10-11-20(19(24)14-18)28-13-5-12-25-28/h5-15H,1-4H3,(H,26,30)(H,27,29). The quantitative estimate of drug-likeness (QED) is 0.668. The van der Waals surface area contributed by atoms with E-state index in [0.717, 1.165) is 5.56 Å². The highest BCUT2D eigenvalue weighted by Gasteiger charge is 2.19. The molecule has 0 saturated heterocycles. The van der Waals surface area contributed by atoms with Crippen molar-refractivity contribution in [3.63, 3.8) is 0 Å². The number of benzene rings is 2. The number of hydrogen-bond acceptors (Lipinski definition) is 3. The second kappa shape index (κ2) is 8.49. The van der Waals surface area contributed by atoms with Gasteiger partial charge in [0, 0.05) is 23.6 Å². The Kier molecular flexibility index (Phi) is 6.01. The number of amides is 2. The molecule has 2 N–H and O–H groups in total. The van der Waals surface area contributed by atoms with Gasteiger partial charge >= 0.3 is 0 Å². The van der Waals surface area contributed by atoms with Gasteiger partial charge in [-0.1, -0.05) is 32.9 Å². The number of carbonyl (C=O) groups excluding carboxylic acids is 2. The van der Waals surface area contributed by atoms with Crippen molar-refractivity contribution < 1.29 is 14.0 Å². The number of aromatic nitrogens is 2. The number of rotatable bonds is 5. The smallest absolute Gasteiger partial charge is 0.251 e. The van der Waals surface area contributed by atoms with Gasteiger partial charge in [0.25, 0.3) is 5.91 Å². The summed E-state index contributed by atoms with van der Waals surface area (Å²) in [6.07, 6.45) is 3.18. The first-order valence-corrected chi connectivity index (χ1v) is 9.67. The van der Waals surface area contributed by atoms with Crippen LogP contribution in [0.15, 0.2) is 60.9 Å². The van der Waals surface area contributed by atoms with Crippen LogP contribution in [0.5, 0.6) is 0 Å². The molecule has 1 aromatic heterocycles. The minimum absolute atomic E-state index is 0.00950. The highest BCUT2D eigenvalue weighted by Crippen LogP contribution is 2.22. The minimum atomic E-state index is -0.798. The highest BCUT2D eigenvalue weighted by molar-refractivity contribution is 6.01. The molecule has 0 bridgehead atoms. The van der Waals surface area contributed by atoms with Gasteiger partial charge in [-0.25, -0.2) is 9.07 Å². The number of nitrogens with zero attached hydrogens (tertiary/aromatic N) is 2. The molecule has 30 heavy (non-hydrogen) atoms. The Labute approximate surface area is 175 Å². The maximum Gasteiger partial charge on any atom is 0.251 e. The molecule has 0 saturated carbocycles. The summed E-state index contributed by atoms with van der Waals surface area (Å²) in [6.45, 7) is 7.86. The fourth-order valence-electron chi connectivity index (χ4n) is 2.90. The van der Waals surface area contributed by atoms with Crippen LogP contribution < -0.4 is 10.6 Å². The summed E-state index contributed by atoms with van der Waals surface area (Å²) in [7, 11) is 0. The molecule has 156 valence electrons. The average Bonchev–Trinajstić information content (AvgIpc) is 3.22. The number of hydrogen-bond donors (Lipinski definition) is 2. The van der Waals surface area contributed by atoms with Crippen molar-refractivity contribution in [1.82, 2.24) is 15.1 Å². The van der Waals surface area contributed by atoms with E-state index in [1.54, 1.807) is 43.6 Å². The van der Waals surface area contributed by atoms with E-state index in [4.69, 9.17) is 0 Å². The molecule has 0 spiro atoms. The lowest BCUT2D eigenvalue weighted by Gasteiger charge is -2.19. The summed E-state index contributed by atoms with van der Waals surface area (Å²) in [5.41, 5.74) is 2.15. The van der Waals surface area contributed by atoms with E-state index in [1.165, 1.54) is 16.8 Å². The van der Waals surface area contributed by atoms with Crippen molar-refractivity contribution in [3.05, 3.63) is 77.9 Å². The first kappa shape index (κ1) is 21.2. The zero-order chi connectivity index (χ0) is 21.9. The van der Waals surface area contributed by atoms with E-state index >= 15 is 0 Å². The molecule has 3 aromatic rings. The number of carbonyl (C=O) groups is 2. The monoisotopic (exact) mass is 408 g/mol. The van der Waals surface area contributed by atoms with Gasteiger partial charge in [-0.2, -0.15) is 5.10 Å². The van der Waals surface area contributed by atoms with Crippen LogP contribution in [0.2, 0.25) is 0 Å². The van der Waals surface area contributed by atoms with E-state index < -0.39 is 17.8 Å². The van der Waals surface area contributed by atoms with E-state index in [-0.39, 0.29) is 17.0 Å². The summed E-state index contributed by atoms with van der Waals surface area (Å²) >= 11 is 0. The summed E-state index contributed by atoms with van der Waals surface area (Å²) < 4.78 is 15.7.